The number of nitriles is 1. The van der Waals surface area contributed by atoms with Crippen LogP contribution in [0.5, 0.6) is 0 Å². The van der Waals surface area contributed by atoms with E-state index in [0.29, 0.717) is 22.2 Å². The molecule has 0 radical (unpaired) electrons. The Labute approximate surface area is 167 Å². The molecule has 0 spiro atoms. The number of anilines is 1. The molecule has 2 aromatic rings. The van der Waals surface area contributed by atoms with Crippen molar-refractivity contribution >= 4 is 34.0 Å². The number of carbonyl (C=O) groups is 1. The zero-order chi connectivity index (χ0) is 20.3. The summed E-state index contributed by atoms with van der Waals surface area (Å²) < 4.78 is 0. The summed E-state index contributed by atoms with van der Waals surface area (Å²) in [4.78, 5) is 26.1. The van der Waals surface area contributed by atoms with Crippen LogP contribution in [0, 0.1) is 21.4 Å². The van der Waals surface area contributed by atoms with E-state index in [4.69, 9.17) is 0 Å². The quantitative estimate of drug-likeness (QED) is 0.469. The summed E-state index contributed by atoms with van der Waals surface area (Å²) in [6.07, 6.45) is 3.63. The van der Waals surface area contributed by atoms with Crippen LogP contribution in [0.4, 0.5) is 10.7 Å². The first-order valence-corrected chi connectivity index (χ1v) is 9.73. The van der Waals surface area contributed by atoms with Gasteiger partial charge in [0.2, 0.25) is 5.91 Å². The van der Waals surface area contributed by atoms with Gasteiger partial charge < -0.3 is 5.32 Å². The maximum Gasteiger partial charge on any atom is 0.270 e. The highest BCUT2D eigenvalue weighted by Gasteiger charge is 2.26. The molecular weight excluding hydrogens is 376 g/mol. The van der Waals surface area contributed by atoms with Crippen LogP contribution in [0.1, 0.15) is 35.4 Å². The van der Waals surface area contributed by atoms with Crippen molar-refractivity contribution in [3.8, 4) is 6.07 Å². The predicted molar refractivity (Wildman–Crippen MR) is 109 cm³/mol. The van der Waals surface area contributed by atoms with Gasteiger partial charge in [0, 0.05) is 42.2 Å². The molecule has 0 saturated carbocycles. The lowest BCUT2D eigenvalue weighted by Crippen LogP contribution is -2.35. The second-order valence-corrected chi connectivity index (χ2v) is 7.91. The molecule has 28 heavy (non-hydrogen) atoms. The first-order valence-electron chi connectivity index (χ1n) is 8.91. The van der Waals surface area contributed by atoms with Crippen molar-refractivity contribution in [3.63, 3.8) is 0 Å². The van der Waals surface area contributed by atoms with Crippen molar-refractivity contribution in [3.05, 3.63) is 62.0 Å². The molecule has 7 nitrogen and oxygen atoms in total. The molecule has 1 aromatic carbocycles. The lowest BCUT2D eigenvalue weighted by atomic mass is 10.0. The van der Waals surface area contributed by atoms with Gasteiger partial charge in [-0.25, -0.2) is 0 Å². The van der Waals surface area contributed by atoms with Crippen LogP contribution in [0.3, 0.4) is 0 Å². The molecule has 0 bridgehead atoms. The van der Waals surface area contributed by atoms with Gasteiger partial charge in [-0.15, -0.1) is 11.3 Å². The molecule has 8 heteroatoms. The number of hydrogen-bond acceptors (Lipinski definition) is 6. The molecule has 0 atom stereocenters. The molecule has 144 valence electrons. The van der Waals surface area contributed by atoms with E-state index in [0.717, 1.165) is 30.0 Å². The monoisotopic (exact) mass is 396 g/mol. The van der Waals surface area contributed by atoms with Gasteiger partial charge in [0.15, 0.2) is 0 Å². The van der Waals surface area contributed by atoms with Crippen molar-refractivity contribution in [2.75, 3.05) is 11.9 Å². The van der Waals surface area contributed by atoms with Gasteiger partial charge >= 0.3 is 0 Å². The molecule has 1 aliphatic heterocycles. The number of nitrogens with zero attached hydrogens (tertiary/aromatic N) is 3. The number of non-ortho nitro benzene ring substituents is 1. The average Bonchev–Trinajstić information content (AvgIpc) is 3.02. The largest absolute Gasteiger partial charge is 0.313 e. The Morgan fingerprint density at radius 3 is 2.93 bits per heavy atom. The molecule has 0 unspecified atom stereocenters. The highest BCUT2D eigenvalue weighted by atomic mass is 32.1. The Bertz CT molecular complexity index is 988. The topological polar surface area (TPSA) is 99.3 Å². The minimum Gasteiger partial charge on any atom is -0.313 e. The van der Waals surface area contributed by atoms with Crippen molar-refractivity contribution in [2.45, 2.75) is 32.9 Å². The maximum atomic E-state index is 12.3. The van der Waals surface area contributed by atoms with Crippen molar-refractivity contribution in [2.24, 2.45) is 0 Å². The Kier molecular flexibility index (Phi) is 5.87. The summed E-state index contributed by atoms with van der Waals surface area (Å²) in [5.41, 5.74) is 2.10. The summed E-state index contributed by atoms with van der Waals surface area (Å²) in [7, 11) is 0. The number of benzene rings is 1. The Balaban J connectivity index is 1.75. The maximum absolute atomic E-state index is 12.3. The van der Waals surface area contributed by atoms with Crippen LogP contribution in [0.15, 0.2) is 30.3 Å². The lowest BCUT2D eigenvalue weighted by Gasteiger charge is -2.30. The van der Waals surface area contributed by atoms with Crippen LogP contribution in [-0.4, -0.2) is 28.3 Å². The van der Waals surface area contributed by atoms with Crippen molar-refractivity contribution in [1.29, 1.82) is 5.26 Å². The molecular formula is C20H20N4O3S. The number of hydrogen-bond donors (Lipinski definition) is 1. The number of rotatable bonds is 5. The third-order valence-electron chi connectivity index (χ3n) is 4.67. The van der Waals surface area contributed by atoms with Gasteiger partial charge in [0.05, 0.1) is 10.5 Å². The van der Waals surface area contributed by atoms with E-state index < -0.39 is 4.92 Å². The second kappa shape index (κ2) is 8.33. The standard InChI is InChI=1S/C20H20N4O3S/c1-13(2)23-9-8-16-17(11-21)20(28-18(16)12-23)22-19(25)7-6-14-4-3-5-15(10-14)24(26)27/h3-7,10,13H,8-9,12H2,1-2H3,(H,22,25). The zero-order valence-corrected chi connectivity index (χ0v) is 16.5. The molecule has 1 aromatic heterocycles. The first kappa shape index (κ1) is 19.7. The van der Waals surface area contributed by atoms with Crippen molar-refractivity contribution < 1.29 is 9.72 Å². The van der Waals surface area contributed by atoms with Gasteiger partial charge in [-0.05, 0) is 37.5 Å². The van der Waals surface area contributed by atoms with Crippen LogP contribution in [-0.2, 0) is 17.8 Å². The summed E-state index contributed by atoms with van der Waals surface area (Å²) in [5, 5.41) is 23.7. The molecule has 2 heterocycles. The van der Waals surface area contributed by atoms with Gasteiger partial charge in [-0.2, -0.15) is 5.26 Å². The van der Waals surface area contributed by atoms with Crippen LogP contribution in [0.25, 0.3) is 6.08 Å². The third-order valence-corrected chi connectivity index (χ3v) is 5.81. The normalized spacial score (nSPS) is 14.1. The van der Waals surface area contributed by atoms with E-state index in [1.54, 1.807) is 12.1 Å². The van der Waals surface area contributed by atoms with Crippen LogP contribution >= 0.6 is 11.3 Å². The number of amides is 1. The smallest absolute Gasteiger partial charge is 0.270 e. The van der Waals surface area contributed by atoms with Gasteiger partial charge in [-0.3, -0.25) is 19.8 Å². The SMILES string of the molecule is CC(C)N1CCc2c(sc(NC(=O)C=Cc3cccc([N+](=O)[O-])c3)c2C#N)C1. The fourth-order valence-electron chi connectivity index (χ4n) is 3.14. The lowest BCUT2D eigenvalue weighted by molar-refractivity contribution is -0.384. The minimum atomic E-state index is -0.479. The summed E-state index contributed by atoms with van der Waals surface area (Å²) in [6.45, 7) is 5.97. The molecule has 0 saturated heterocycles. The number of nitro benzene ring substituents is 1. The zero-order valence-electron chi connectivity index (χ0n) is 15.6. The van der Waals surface area contributed by atoms with E-state index in [2.05, 4.69) is 30.1 Å². The second-order valence-electron chi connectivity index (χ2n) is 6.81. The number of carbonyl (C=O) groups excluding carboxylic acids is 1. The minimum absolute atomic E-state index is 0.0324. The number of thiophene rings is 1. The molecule has 0 fully saturated rings. The number of fused-ring (bicyclic) bond motifs is 1. The number of nitro groups is 1. The Hall–Kier alpha value is -3.02. The van der Waals surface area contributed by atoms with E-state index in [-0.39, 0.29) is 11.6 Å². The van der Waals surface area contributed by atoms with Crippen molar-refractivity contribution in [1.82, 2.24) is 4.90 Å². The fourth-order valence-corrected chi connectivity index (χ4v) is 4.36. The molecule has 3 rings (SSSR count). The Morgan fingerprint density at radius 2 is 2.25 bits per heavy atom. The van der Waals surface area contributed by atoms with Crippen LogP contribution in [0.2, 0.25) is 0 Å². The van der Waals surface area contributed by atoms with Gasteiger partial charge in [-0.1, -0.05) is 12.1 Å². The fraction of sp³-hybridized carbons (Fsp3) is 0.300. The highest BCUT2D eigenvalue weighted by Crippen LogP contribution is 2.37. The van der Waals surface area contributed by atoms with Gasteiger partial charge in [0.25, 0.3) is 5.69 Å². The van der Waals surface area contributed by atoms with E-state index in [1.807, 2.05) is 0 Å². The van der Waals surface area contributed by atoms with Gasteiger partial charge in [0.1, 0.15) is 11.1 Å². The molecule has 1 aliphatic rings. The number of nitrogens with one attached hydrogen (secondary N) is 1. The highest BCUT2D eigenvalue weighted by molar-refractivity contribution is 7.16. The summed E-state index contributed by atoms with van der Waals surface area (Å²) >= 11 is 1.44. The average molecular weight is 396 g/mol. The predicted octanol–water partition coefficient (Wildman–Crippen LogP) is 3.95. The molecule has 1 N–H and O–H groups in total. The molecule has 1 amide bonds. The van der Waals surface area contributed by atoms with E-state index in [9.17, 15) is 20.2 Å². The third kappa shape index (κ3) is 4.27. The summed E-state index contributed by atoms with van der Waals surface area (Å²) in [5.74, 6) is -0.373. The van der Waals surface area contributed by atoms with E-state index in [1.165, 1.54) is 35.6 Å². The summed E-state index contributed by atoms with van der Waals surface area (Å²) in [6, 6.07) is 8.70. The Morgan fingerprint density at radius 1 is 1.46 bits per heavy atom. The van der Waals surface area contributed by atoms with Crippen LogP contribution < -0.4 is 5.32 Å². The van der Waals surface area contributed by atoms with E-state index >= 15 is 0 Å². The first-order chi connectivity index (χ1) is 13.4. The molecule has 0 aliphatic carbocycles.